The van der Waals surface area contributed by atoms with Gasteiger partial charge < -0.3 is 19.8 Å². The van der Waals surface area contributed by atoms with E-state index in [2.05, 4.69) is 0 Å². The van der Waals surface area contributed by atoms with Crippen molar-refractivity contribution in [1.82, 2.24) is 0 Å². The van der Waals surface area contributed by atoms with Gasteiger partial charge in [-0.15, -0.1) is 23.5 Å². The average molecular weight is 647 g/mol. The second-order valence-corrected chi connectivity index (χ2v) is 10.6. The van der Waals surface area contributed by atoms with Crippen LogP contribution in [0.3, 0.4) is 0 Å². The first-order valence-corrected chi connectivity index (χ1v) is 13.9. The maximum atomic E-state index is 12.6. The van der Waals surface area contributed by atoms with Gasteiger partial charge in [0.2, 0.25) is 0 Å². The Labute approximate surface area is 267 Å². The summed E-state index contributed by atoms with van der Waals surface area (Å²) in [5, 5.41) is 22.0. The van der Waals surface area contributed by atoms with Gasteiger partial charge in [0, 0.05) is 32.4 Å². The van der Waals surface area contributed by atoms with Gasteiger partial charge in [0.25, 0.3) is 0 Å². The fraction of sp³-hybridized carbons (Fsp3) is 0.133. The Morgan fingerprint density at radius 1 is 0.558 bits per heavy atom. The van der Waals surface area contributed by atoms with Crippen molar-refractivity contribution in [1.29, 1.82) is 0 Å². The molecule has 0 aliphatic rings. The van der Waals surface area contributed by atoms with E-state index in [1.165, 1.54) is 12.1 Å². The van der Waals surface area contributed by atoms with E-state index >= 15 is 0 Å². The van der Waals surface area contributed by atoms with E-state index < -0.39 is 46.5 Å². The number of aromatic carboxylic acids is 2. The Hall–Kier alpha value is -3.13. The normalized spacial score (nSPS) is 11.1. The molecule has 0 N–H and O–H groups in total. The van der Waals surface area contributed by atoms with Crippen LogP contribution in [0.15, 0.2) is 107 Å². The molecule has 0 saturated carbocycles. The molecule has 4 aromatic carbocycles. The molecule has 0 aliphatic heterocycles. The van der Waals surface area contributed by atoms with E-state index in [9.17, 15) is 46.1 Å². The Bertz CT molecular complexity index is 1400. The Morgan fingerprint density at radius 3 is 1.16 bits per heavy atom. The number of rotatable bonds is 8. The minimum absolute atomic E-state index is 0. The molecule has 0 amide bonds. The Kier molecular flexibility index (Phi) is 13.5. The zero-order valence-electron chi connectivity index (χ0n) is 22.1. The molecule has 4 nitrogen and oxygen atoms in total. The van der Waals surface area contributed by atoms with Crippen LogP contribution in [-0.4, -0.2) is 35.0 Å². The molecule has 4 rings (SSSR count). The summed E-state index contributed by atoms with van der Waals surface area (Å²) in [6.45, 7) is 0. The van der Waals surface area contributed by atoms with Crippen LogP contribution in [0.5, 0.6) is 0 Å². The number of carboxylic acids is 2. The van der Waals surface area contributed by atoms with Gasteiger partial charge in [-0.25, -0.2) is 0 Å². The van der Waals surface area contributed by atoms with E-state index in [4.69, 9.17) is 0 Å². The molecule has 0 unspecified atom stereocenters. The standard InChI is InChI=1S/2C15H11F3O2S.Mg/c2*16-15(17,18)11-6-7-13(12(8-11)14(19)20)21-9-10-4-2-1-3-5-10;/h2*1-8H,9H2,(H,19,20);/q;;+2/p-2. The summed E-state index contributed by atoms with van der Waals surface area (Å²) in [6, 6.07) is 23.8. The first-order chi connectivity index (χ1) is 19.8. The molecule has 4 aromatic rings. The summed E-state index contributed by atoms with van der Waals surface area (Å²) in [5.41, 5.74) is -0.966. The monoisotopic (exact) mass is 646 g/mol. The maximum Gasteiger partial charge on any atom is 2.00 e. The van der Waals surface area contributed by atoms with Crippen molar-refractivity contribution in [2.75, 3.05) is 0 Å². The van der Waals surface area contributed by atoms with Gasteiger partial charge in [-0.2, -0.15) is 26.3 Å². The zero-order valence-corrected chi connectivity index (χ0v) is 25.1. The van der Waals surface area contributed by atoms with Crippen molar-refractivity contribution in [3.63, 3.8) is 0 Å². The second-order valence-electron chi connectivity index (χ2n) is 8.54. The van der Waals surface area contributed by atoms with Crippen LogP contribution in [0.2, 0.25) is 0 Å². The van der Waals surface area contributed by atoms with Crippen LogP contribution in [0.4, 0.5) is 26.3 Å². The van der Waals surface area contributed by atoms with Crippen LogP contribution in [0.25, 0.3) is 0 Å². The van der Waals surface area contributed by atoms with Gasteiger partial charge in [-0.3, -0.25) is 0 Å². The molecule has 0 saturated heterocycles. The molecule has 0 atom stereocenters. The van der Waals surface area contributed by atoms with Crippen LogP contribution in [0, 0.1) is 0 Å². The largest absolute Gasteiger partial charge is 2.00 e. The number of thioether (sulfide) groups is 2. The van der Waals surface area contributed by atoms with Crippen LogP contribution in [0.1, 0.15) is 43.0 Å². The number of alkyl halides is 6. The summed E-state index contributed by atoms with van der Waals surface area (Å²) >= 11 is 2.32. The number of halogens is 6. The van der Waals surface area contributed by atoms with E-state index in [1.54, 1.807) is 0 Å². The molecule has 43 heavy (non-hydrogen) atoms. The number of hydrogen-bond donors (Lipinski definition) is 0. The quantitative estimate of drug-likeness (QED) is 0.126. The third-order valence-electron chi connectivity index (χ3n) is 5.53. The molecular formula is C30H20F6MgO4S2. The number of hydrogen-bond acceptors (Lipinski definition) is 6. The van der Waals surface area contributed by atoms with E-state index in [0.29, 0.717) is 23.6 Å². The van der Waals surface area contributed by atoms with Gasteiger partial charge in [-0.05, 0) is 47.5 Å². The SMILES string of the molecule is O=C([O-])c1cc(C(F)(F)F)ccc1SCc1ccccc1.O=C([O-])c1cc(C(F)(F)F)ccc1SCc1ccccc1.[Mg+2]. The van der Waals surface area contributed by atoms with Crippen molar-refractivity contribution in [2.45, 2.75) is 33.6 Å². The fourth-order valence-electron chi connectivity index (χ4n) is 3.45. The average Bonchev–Trinajstić information content (AvgIpc) is 2.95. The summed E-state index contributed by atoms with van der Waals surface area (Å²) < 4.78 is 75.6. The maximum absolute atomic E-state index is 12.6. The summed E-state index contributed by atoms with van der Waals surface area (Å²) in [7, 11) is 0. The predicted molar refractivity (Wildman–Crippen MR) is 149 cm³/mol. The van der Waals surface area contributed by atoms with E-state index in [1.807, 2.05) is 60.7 Å². The molecule has 0 spiro atoms. The van der Waals surface area contributed by atoms with Crippen molar-refractivity contribution in [2.24, 2.45) is 0 Å². The van der Waals surface area contributed by atoms with E-state index in [-0.39, 0.29) is 32.8 Å². The van der Waals surface area contributed by atoms with Crippen molar-refractivity contribution in [3.8, 4) is 0 Å². The Balaban J connectivity index is 0.000000293. The van der Waals surface area contributed by atoms with Crippen LogP contribution >= 0.6 is 23.5 Å². The van der Waals surface area contributed by atoms with Gasteiger partial charge in [0.1, 0.15) is 0 Å². The molecule has 0 bridgehead atoms. The molecule has 0 aliphatic carbocycles. The minimum Gasteiger partial charge on any atom is -0.545 e. The Morgan fingerprint density at radius 2 is 0.884 bits per heavy atom. The van der Waals surface area contributed by atoms with E-state index in [0.717, 1.165) is 46.8 Å². The molecule has 0 fully saturated rings. The summed E-state index contributed by atoms with van der Waals surface area (Å²) in [4.78, 5) is 22.6. The van der Waals surface area contributed by atoms with Gasteiger partial charge in [0.15, 0.2) is 0 Å². The van der Waals surface area contributed by atoms with Gasteiger partial charge >= 0.3 is 35.4 Å². The first kappa shape index (κ1) is 36.1. The molecule has 0 heterocycles. The molecular weight excluding hydrogens is 627 g/mol. The number of carbonyl (C=O) groups excluding carboxylic acids is 2. The molecule has 0 aromatic heterocycles. The van der Waals surface area contributed by atoms with Crippen molar-refractivity contribution in [3.05, 3.63) is 130 Å². The molecule has 13 heteroatoms. The first-order valence-electron chi connectivity index (χ1n) is 11.9. The third-order valence-corrected chi connectivity index (χ3v) is 7.82. The summed E-state index contributed by atoms with van der Waals surface area (Å²) in [5.74, 6) is -2.30. The van der Waals surface area contributed by atoms with Crippen LogP contribution in [-0.2, 0) is 23.9 Å². The molecule has 220 valence electrons. The zero-order chi connectivity index (χ0) is 30.9. The topological polar surface area (TPSA) is 80.3 Å². The third kappa shape index (κ3) is 11.1. The second kappa shape index (κ2) is 16.1. The number of carboxylic acid groups (broad SMARTS) is 2. The van der Waals surface area contributed by atoms with Crippen molar-refractivity contribution >= 4 is 58.5 Å². The number of benzene rings is 4. The molecule has 0 radical (unpaired) electrons. The van der Waals surface area contributed by atoms with Crippen LogP contribution < -0.4 is 10.2 Å². The fourth-order valence-corrected chi connectivity index (χ4v) is 5.41. The number of carbonyl (C=O) groups is 2. The van der Waals surface area contributed by atoms with Crippen molar-refractivity contribution < 1.29 is 46.1 Å². The smallest absolute Gasteiger partial charge is 0.545 e. The minimum atomic E-state index is -4.58. The van der Waals surface area contributed by atoms with Gasteiger partial charge in [-0.1, -0.05) is 60.7 Å². The van der Waals surface area contributed by atoms with Gasteiger partial charge in [0.05, 0.1) is 23.1 Å². The predicted octanol–water partition coefficient (Wildman–Crippen LogP) is 6.34. The summed E-state index contributed by atoms with van der Waals surface area (Å²) in [6.07, 6.45) is -9.15.